The van der Waals surface area contributed by atoms with Crippen LogP contribution in [-0.2, 0) is 9.53 Å². The van der Waals surface area contributed by atoms with Crippen LogP contribution in [0, 0.1) is 6.92 Å². The number of carbonyl (C=O) groups excluding carboxylic acids is 2. The number of amides is 1. The number of ether oxygens (including phenoxy) is 2. The SMILES string of the molecule is COc1cccc(C(=O)OCC(=O)Nc2nc(C)cs2)c1. The van der Waals surface area contributed by atoms with E-state index in [4.69, 9.17) is 9.47 Å². The lowest BCUT2D eigenvalue weighted by Gasteiger charge is -2.06. The molecule has 0 aliphatic heterocycles. The maximum atomic E-state index is 11.8. The quantitative estimate of drug-likeness (QED) is 0.857. The fourth-order valence-electron chi connectivity index (χ4n) is 1.53. The average molecular weight is 306 g/mol. The predicted molar refractivity (Wildman–Crippen MR) is 78.8 cm³/mol. The van der Waals surface area contributed by atoms with Crippen molar-refractivity contribution in [3.63, 3.8) is 0 Å². The Hall–Kier alpha value is -2.41. The first kappa shape index (κ1) is 15.0. The Balaban J connectivity index is 1.87. The lowest BCUT2D eigenvalue weighted by Crippen LogP contribution is -2.20. The molecule has 0 aliphatic rings. The molecule has 0 radical (unpaired) electrons. The third-order valence-corrected chi connectivity index (χ3v) is 3.38. The van der Waals surface area contributed by atoms with Crippen LogP contribution in [0.2, 0.25) is 0 Å². The third kappa shape index (κ3) is 4.28. The second-order valence-electron chi connectivity index (χ2n) is 4.15. The minimum absolute atomic E-state index is 0.326. The van der Waals surface area contributed by atoms with Crippen molar-refractivity contribution in [2.24, 2.45) is 0 Å². The largest absolute Gasteiger partial charge is 0.497 e. The minimum Gasteiger partial charge on any atom is -0.497 e. The Bertz CT molecular complexity index is 654. The fraction of sp³-hybridized carbons (Fsp3) is 0.214. The van der Waals surface area contributed by atoms with E-state index in [1.807, 2.05) is 12.3 Å². The minimum atomic E-state index is -0.584. The van der Waals surface area contributed by atoms with Crippen LogP contribution in [0.5, 0.6) is 5.75 Å². The van der Waals surface area contributed by atoms with Gasteiger partial charge in [-0.15, -0.1) is 11.3 Å². The number of aryl methyl sites for hydroxylation is 1. The summed E-state index contributed by atoms with van der Waals surface area (Å²) in [7, 11) is 1.51. The first-order chi connectivity index (χ1) is 10.1. The van der Waals surface area contributed by atoms with Gasteiger partial charge in [0, 0.05) is 5.38 Å². The van der Waals surface area contributed by atoms with Gasteiger partial charge in [-0.2, -0.15) is 0 Å². The van der Waals surface area contributed by atoms with Gasteiger partial charge in [-0.1, -0.05) is 6.07 Å². The van der Waals surface area contributed by atoms with Gasteiger partial charge in [0.25, 0.3) is 5.91 Å². The standard InChI is InChI=1S/C14H14N2O4S/c1-9-8-21-14(15-9)16-12(17)7-20-13(18)10-4-3-5-11(6-10)19-2/h3-6,8H,7H2,1-2H3,(H,15,16,17). The molecule has 21 heavy (non-hydrogen) atoms. The van der Waals surface area contributed by atoms with Gasteiger partial charge in [-0.25, -0.2) is 9.78 Å². The maximum Gasteiger partial charge on any atom is 0.338 e. The maximum absolute atomic E-state index is 11.8. The molecular formula is C14H14N2O4S. The van der Waals surface area contributed by atoms with Crippen LogP contribution >= 0.6 is 11.3 Å². The van der Waals surface area contributed by atoms with Gasteiger partial charge in [-0.3, -0.25) is 10.1 Å². The van der Waals surface area contributed by atoms with Crippen LogP contribution in [0.4, 0.5) is 5.13 Å². The molecule has 7 heteroatoms. The molecule has 0 fully saturated rings. The Morgan fingerprint density at radius 1 is 1.38 bits per heavy atom. The highest BCUT2D eigenvalue weighted by molar-refractivity contribution is 7.13. The summed E-state index contributed by atoms with van der Waals surface area (Å²) in [6, 6.07) is 6.53. The average Bonchev–Trinajstić information content (AvgIpc) is 2.90. The highest BCUT2D eigenvalue weighted by Gasteiger charge is 2.12. The summed E-state index contributed by atoms with van der Waals surface area (Å²) >= 11 is 1.31. The van der Waals surface area contributed by atoms with Crippen LogP contribution in [0.1, 0.15) is 16.1 Å². The van der Waals surface area contributed by atoms with Crippen molar-refractivity contribution in [2.45, 2.75) is 6.92 Å². The van der Waals surface area contributed by atoms with Crippen molar-refractivity contribution in [3.05, 3.63) is 40.9 Å². The number of anilines is 1. The predicted octanol–water partition coefficient (Wildman–Crippen LogP) is 2.26. The molecule has 1 aromatic heterocycles. The summed E-state index contributed by atoms with van der Waals surface area (Å²) in [6.07, 6.45) is 0. The van der Waals surface area contributed by atoms with Crippen molar-refractivity contribution in [1.82, 2.24) is 4.98 Å². The smallest absolute Gasteiger partial charge is 0.338 e. The third-order valence-electron chi connectivity index (χ3n) is 2.51. The zero-order valence-corrected chi connectivity index (χ0v) is 12.4. The van der Waals surface area contributed by atoms with E-state index < -0.39 is 11.9 Å². The van der Waals surface area contributed by atoms with Crippen LogP contribution in [0.3, 0.4) is 0 Å². The molecule has 6 nitrogen and oxygen atoms in total. The Morgan fingerprint density at radius 2 is 2.19 bits per heavy atom. The summed E-state index contributed by atoms with van der Waals surface area (Å²) in [6.45, 7) is 1.46. The van der Waals surface area contributed by atoms with E-state index in [9.17, 15) is 9.59 Å². The Labute approximate surface area is 125 Å². The number of benzene rings is 1. The molecule has 1 N–H and O–H groups in total. The molecule has 0 aliphatic carbocycles. The number of methoxy groups -OCH3 is 1. The number of hydrogen-bond acceptors (Lipinski definition) is 6. The molecule has 1 aromatic carbocycles. The molecule has 0 atom stereocenters. The summed E-state index contributed by atoms with van der Waals surface area (Å²) in [5, 5.41) is 4.86. The topological polar surface area (TPSA) is 77.5 Å². The van der Waals surface area contributed by atoms with Gasteiger partial charge in [0.1, 0.15) is 5.75 Å². The first-order valence-corrected chi connectivity index (χ1v) is 6.99. The van der Waals surface area contributed by atoms with Crippen LogP contribution < -0.4 is 10.1 Å². The van der Waals surface area contributed by atoms with Crippen molar-refractivity contribution in [2.75, 3.05) is 19.0 Å². The van der Waals surface area contributed by atoms with Gasteiger partial charge in [0.15, 0.2) is 11.7 Å². The zero-order valence-electron chi connectivity index (χ0n) is 11.6. The molecule has 1 heterocycles. The monoisotopic (exact) mass is 306 g/mol. The number of aromatic nitrogens is 1. The molecule has 0 unspecified atom stereocenters. The van der Waals surface area contributed by atoms with E-state index in [0.29, 0.717) is 16.4 Å². The summed E-state index contributed by atoms with van der Waals surface area (Å²) in [5.74, 6) is -0.466. The highest BCUT2D eigenvalue weighted by atomic mass is 32.1. The van der Waals surface area contributed by atoms with Crippen LogP contribution in [-0.4, -0.2) is 30.6 Å². The van der Waals surface area contributed by atoms with Crippen molar-refractivity contribution >= 4 is 28.3 Å². The molecule has 0 spiro atoms. The number of thiazole rings is 1. The Morgan fingerprint density at radius 3 is 2.86 bits per heavy atom. The zero-order chi connectivity index (χ0) is 15.2. The normalized spacial score (nSPS) is 10.0. The van der Waals surface area contributed by atoms with Crippen molar-refractivity contribution in [1.29, 1.82) is 0 Å². The van der Waals surface area contributed by atoms with Crippen LogP contribution in [0.15, 0.2) is 29.6 Å². The summed E-state index contributed by atoms with van der Waals surface area (Å²) < 4.78 is 9.96. The van der Waals surface area contributed by atoms with E-state index in [-0.39, 0.29) is 6.61 Å². The van der Waals surface area contributed by atoms with Gasteiger partial charge >= 0.3 is 5.97 Å². The van der Waals surface area contributed by atoms with Crippen molar-refractivity contribution < 1.29 is 19.1 Å². The summed E-state index contributed by atoms with van der Waals surface area (Å²) in [4.78, 5) is 27.5. The number of carbonyl (C=O) groups is 2. The molecule has 0 saturated carbocycles. The molecule has 0 saturated heterocycles. The molecule has 2 rings (SSSR count). The summed E-state index contributed by atoms with van der Waals surface area (Å²) in [5.41, 5.74) is 1.15. The molecule has 110 valence electrons. The van der Waals surface area contributed by atoms with Gasteiger partial charge in [0.05, 0.1) is 18.4 Å². The Kier molecular flexibility index (Phi) is 4.89. The van der Waals surface area contributed by atoms with Gasteiger partial charge in [-0.05, 0) is 25.1 Å². The number of rotatable bonds is 5. The van der Waals surface area contributed by atoms with E-state index in [0.717, 1.165) is 5.69 Å². The van der Waals surface area contributed by atoms with E-state index in [1.165, 1.54) is 18.4 Å². The lowest BCUT2D eigenvalue weighted by atomic mass is 10.2. The van der Waals surface area contributed by atoms with Crippen molar-refractivity contribution in [3.8, 4) is 5.75 Å². The van der Waals surface area contributed by atoms with Crippen LogP contribution in [0.25, 0.3) is 0 Å². The number of nitrogens with one attached hydrogen (secondary N) is 1. The first-order valence-electron chi connectivity index (χ1n) is 6.11. The number of esters is 1. The van der Waals surface area contributed by atoms with E-state index in [1.54, 1.807) is 24.3 Å². The van der Waals surface area contributed by atoms with E-state index >= 15 is 0 Å². The number of nitrogens with zero attached hydrogens (tertiary/aromatic N) is 1. The molecule has 0 bridgehead atoms. The highest BCUT2D eigenvalue weighted by Crippen LogP contribution is 2.15. The van der Waals surface area contributed by atoms with E-state index in [2.05, 4.69) is 10.3 Å². The second-order valence-corrected chi connectivity index (χ2v) is 5.01. The second kappa shape index (κ2) is 6.85. The van der Waals surface area contributed by atoms with Gasteiger partial charge in [0.2, 0.25) is 0 Å². The lowest BCUT2D eigenvalue weighted by molar-refractivity contribution is -0.119. The van der Waals surface area contributed by atoms with Gasteiger partial charge < -0.3 is 9.47 Å². The molecule has 2 aromatic rings. The molecular weight excluding hydrogens is 292 g/mol. The number of hydrogen-bond donors (Lipinski definition) is 1. The molecule has 1 amide bonds. The fourth-order valence-corrected chi connectivity index (χ4v) is 2.24.